The molecule has 0 amide bonds. The summed E-state index contributed by atoms with van der Waals surface area (Å²) in [5.74, 6) is 1.28. The molecule has 0 aliphatic rings. The van der Waals surface area contributed by atoms with Gasteiger partial charge in [0, 0.05) is 36.8 Å². The van der Waals surface area contributed by atoms with Crippen LogP contribution in [0.15, 0.2) is 48.8 Å². The number of imidazole rings is 1. The second-order valence-electron chi connectivity index (χ2n) is 10.2. The Morgan fingerprint density at radius 2 is 1.68 bits per heavy atom. The molecule has 0 saturated carbocycles. The minimum atomic E-state index is -2.33. The van der Waals surface area contributed by atoms with Gasteiger partial charge in [0.15, 0.2) is 17.0 Å². The van der Waals surface area contributed by atoms with Crippen LogP contribution in [-0.4, -0.2) is 71.5 Å². The van der Waals surface area contributed by atoms with E-state index >= 15 is 0 Å². The normalized spacial score (nSPS) is 12.1. The minimum Gasteiger partial charge on any atom is -0.340 e. The number of rotatable bonds is 10. The molecule has 0 aliphatic heterocycles. The Balaban J connectivity index is 1.78. The van der Waals surface area contributed by atoms with Gasteiger partial charge in [-0.1, -0.05) is 18.2 Å². The average Bonchev–Trinajstić information content (AvgIpc) is 3.27. The van der Waals surface area contributed by atoms with Gasteiger partial charge in [0.2, 0.25) is 5.95 Å². The second-order valence-corrected chi connectivity index (χ2v) is 13.4. The van der Waals surface area contributed by atoms with E-state index in [1.807, 2.05) is 35.0 Å². The van der Waals surface area contributed by atoms with Crippen LogP contribution in [0.3, 0.4) is 0 Å². The van der Waals surface area contributed by atoms with E-state index in [1.165, 1.54) is 16.7 Å². The van der Waals surface area contributed by atoms with Gasteiger partial charge in [-0.05, 0) is 95.2 Å². The Labute approximate surface area is 225 Å². The zero-order valence-electron chi connectivity index (χ0n) is 23.4. The maximum Gasteiger partial charge on any atom is 0.229 e. The zero-order chi connectivity index (χ0) is 27.4. The monoisotopic (exact) mass is 531 g/mol. The highest BCUT2D eigenvalue weighted by molar-refractivity contribution is 7.70. The number of hydrogen-bond donors (Lipinski definition) is 1. The molecule has 0 radical (unpaired) electrons. The van der Waals surface area contributed by atoms with E-state index in [0.717, 1.165) is 36.3 Å². The predicted molar refractivity (Wildman–Crippen MR) is 162 cm³/mol. The molecule has 8 nitrogen and oxygen atoms in total. The number of nitrogens with zero attached hydrogens (tertiary/aromatic N) is 6. The van der Waals surface area contributed by atoms with Crippen LogP contribution < -0.4 is 15.5 Å². The molecule has 2 heterocycles. The second kappa shape index (κ2) is 11.5. The van der Waals surface area contributed by atoms with Crippen LogP contribution in [0, 0.1) is 13.8 Å². The highest BCUT2D eigenvalue weighted by atomic mass is 31.2. The van der Waals surface area contributed by atoms with Crippen molar-refractivity contribution < 1.29 is 4.57 Å². The third-order valence-corrected chi connectivity index (χ3v) is 8.13. The number of fused-ring (bicyclic) bond motifs is 1. The number of nitrogens with one attached hydrogen (secondary N) is 1. The van der Waals surface area contributed by atoms with Crippen LogP contribution in [0.4, 0.5) is 17.5 Å². The molecule has 2 aromatic heterocycles. The third kappa shape index (κ3) is 6.32. The standard InChI is InChI=1S/C29H38N7OP/c1-8-35(19-18-34(4)5)29-32-27(31-23-12-14-24(15-13-23)38(6,7)37)26-28(33-29)36(20-30-26)17-16-25-21(2)10-9-11-22(25)3/h9-17,20H,8,18-19H2,1-7H3,(H,31,32,33). The van der Waals surface area contributed by atoms with E-state index in [2.05, 4.69) is 79.2 Å². The maximum absolute atomic E-state index is 12.5. The summed E-state index contributed by atoms with van der Waals surface area (Å²) in [7, 11) is 1.80. The lowest BCUT2D eigenvalue weighted by Gasteiger charge is -2.23. The number of benzene rings is 2. The molecular formula is C29H38N7OP. The summed E-state index contributed by atoms with van der Waals surface area (Å²) in [4.78, 5) is 18.9. The van der Waals surface area contributed by atoms with Crippen molar-refractivity contribution in [1.82, 2.24) is 24.4 Å². The summed E-state index contributed by atoms with van der Waals surface area (Å²) in [6.45, 7) is 12.4. The fourth-order valence-corrected chi connectivity index (χ4v) is 5.12. The SMILES string of the molecule is CCN(CCN(C)C)c1nc(Nc2ccc(P(C)(C)=O)cc2)c2ncn(C=Cc3c(C)cccc3C)c2n1. The van der Waals surface area contributed by atoms with Crippen molar-refractivity contribution in [2.45, 2.75) is 20.8 Å². The first-order chi connectivity index (χ1) is 18.1. The van der Waals surface area contributed by atoms with Gasteiger partial charge in [0.05, 0.1) is 0 Å². The summed E-state index contributed by atoms with van der Waals surface area (Å²) in [5.41, 5.74) is 5.89. The zero-order valence-corrected chi connectivity index (χ0v) is 24.3. The fourth-order valence-electron chi connectivity index (χ4n) is 4.25. The lowest BCUT2D eigenvalue weighted by molar-refractivity contribution is 0.413. The molecule has 0 fully saturated rings. The Morgan fingerprint density at radius 3 is 2.29 bits per heavy atom. The number of aryl methyl sites for hydroxylation is 2. The smallest absolute Gasteiger partial charge is 0.229 e. The van der Waals surface area contributed by atoms with Crippen LogP contribution in [0.5, 0.6) is 0 Å². The van der Waals surface area contributed by atoms with E-state index in [1.54, 1.807) is 19.7 Å². The van der Waals surface area contributed by atoms with E-state index in [4.69, 9.17) is 9.97 Å². The predicted octanol–water partition coefficient (Wildman–Crippen LogP) is 5.45. The third-order valence-electron chi connectivity index (χ3n) is 6.59. The van der Waals surface area contributed by atoms with Crippen LogP contribution in [0.2, 0.25) is 0 Å². The first kappa shape index (κ1) is 27.6. The summed E-state index contributed by atoms with van der Waals surface area (Å²) in [6, 6.07) is 14.0. The van der Waals surface area contributed by atoms with Gasteiger partial charge in [-0.3, -0.25) is 4.57 Å². The molecule has 4 aromatic rings. The fraction of sp³-hybridized carbons (Fsp3) is 0.345. The Morgan fingerprint density at radius 1 is 1.00 bits per heavy atom. The van der Waals surface area contributed by atoms with Gasteiger partial charge >= 0.3 is 0 Å². The molecule has 0 aliphatic carbocycles. The molecule has 0 unspecified atom stereocenters. The van der Waals surface area contributed by atoms with E-state index in [9.17, 15) is 4.57 Å². The largest absolute Gasteiger partial charge is 0.340 e. The van der Waals surface area contributed by atoms with Gasteiger partial charge in [-0.2, -0.15) is 9.97 Å². The lowest BCUT2D eigenvalue weighted by atomic mass is 10.0. The van der Waals surface area contributed by atoms with Gasteiger partial charge in [0.25, 0.3) is 0 Å². The molecule has 2 aromatic carbocycles. The molecule has 38 heavy (non-hydrogen) atoms. The summed E-state index contributed by atoms with van der Waals surface area (Å²) < 4.78 is 14.4. The van der Waals surface area contributed by atoms with Crippen molar-refractivity contribution in [1.29, 1.82) is 0 Å². The lowest BCUT2D eigenvalue weighted by Crippen LogP contribution is -2.33. The Kier molecular flexibility index (Phi) is 8.34. The van der Waals surface area contributed by atoms with Crippen LogP contribution in [0.1, 0.15) is 23.6 Å². The van der Waals surface area contributed by atoms with E-state index in [0.29, 0.717) is 17.3 Å². The Hall–Kier alpha value is -3.48. The van der Waals surface area contributed by atoms with E-state index in [-0.39, 0.29) is 0 Å². The van der Waals surface area contributed by atoms with Crippen LogP contribution in [-0.2, 0) is 4.57 Å². The quantitative estimate of drug-likeness (QED) is 0.273. The van der Waals surface area contributed by atoms with Gasteiger partial charge in [-0.25, -0.2) is 4.98 Å². The number of likely N-dealkylation sites (N-methyl/N-ethyl adjacent to an activating group) is 2. The molecule has 0 spiro atoms. The molecule has 0 atom stereocenters. The number of anilines is 3. The molecule has 0 saturated heterocycles. The molecule has 0 bridgehead atoms. The van der Waals surface area contributed by atoms with Crippen LogP contribution >= 0.6 is 7.14 Å². The van der Waals surface area contributed by atoms with Gasteiger partial charge < -0.3 is 19.7 Å². The maximum atomic E-state index is 12.5. The van der Waals surface area contributed by atoms with Crippen LogP contribution in [0.25, 0.3) is 23.4 Å². The Bertz CT molecular complexity index is 1460. The van der Waals surface area contributed by atoms with Crippen molar-refractivity contribution in [3.05, 3.63) is 65.5 Å². The van der Waals surface area contributed by atoms with Crippen molar-refractivity contribution in [3.63, 3.8) is 0 Å². The molecule has 9 heteroatoms. The van der Waals surface area contributed by atoms with Crippen molar-refractivity contribution in [2.75, 3.05) is 57.3 Å². The summed E-state index contributed by atoms with van der Waals surface area (Å²) in [5, 5.41) is 4.28. The summed E-state index contributed by atoms with van der Waals surface area (Å²) in [6.07, 6.45) is 5.90. The average molecular weight is 532 g/mol. The number of aromatic nitrogens is 4. The first-order valence-electron chi connectivity index (χ1n) is 12.9. The topological polar surface area (TPSA) is 79.2 Å². The van der Waals surface area contributed by atoms with E-state index < -0.39 is 7.14 Å². The van der Waals surface area contributed by atoms with Crippen molar-refractivity contribution in [2.24, 2.45) is 0 Å². The summed E-state index contributed by atoms with van der Waals surface area (Å²) >= 11 is 0. The van der Waals surface area contributed by atoms with Gasteiger partial charge in [-0.15, -0.1) is 0 Å². The molecule has 4 rings (SSSR count). The van der Waals surface area contributed by atoms with Crippen molar-refractivity contribution in [3.8, 4) is 0 Å². The highest BCUT2D eigenvalue weighted by Crippen LogP contribution is 2.35. The molecule has 1 N–H and O–H groups in total. The number of hydrogen-bond acceptors (Lipinski definition) is 7. The highest BCUT2D eigenvalue weighted by Gasteiger charge is 2.17. The first-order valence-corrected chi connectivity index (χ1v) is 15.5. The van der Waals surface area contributed by atoms with Crippen molar-refractivity contribution >= 4 is 53.3 Å². The molecule has 200 valence electrons. The minimum absolute atomic E-state index is 0.636. The van der Waals surface area contributed by atoms with Gasteiger partial charge in [0.1, 0.15) is 13.5 Å². The molecular weight excluding hydrogens is 493 g/mol.